The van der Waals surface area contributed by atoms with Crippen LogP contribution in [0.2, 0.25) is 0 Å². The van der Waals surface area contributed by atoms with Crippen LogP contribution in [-0.4, -0.2) is 17.5 Å². The number of hydrogen-bond donors (Lipinski definition) is 1. The Labute approximate surface area is 169 Å². The predicted molar refractivity (Wildman–Crippen MR) is 114 cm³/mol. The number of fused-ring (bicyclic) bond motifs is 1. The zero-order chi connectivity index (χ0) is 20.1. The van der Waals surface area contributed by atoms with Crippen LogP contribution >= 0.6 is 0 Å². The minimum atomic E-state index is -0.0849. The van der Waals surface area contributed by atoms with Crippen LogP contribution in [0.5, 0.6) is 5.75 Å². The average molecular weight is 386 g/mol. The first-order chi connectivity index (χ1) is 14.2. The lowest BCUT2D eigenvalue weighted by atomic mass is 10.1. The number of nitrogens with one attached hydrogen (secondary N) is 1. The van der Waals surface area contributed by atoms with E-state index in [1.54, 1.807) is 0 Å². The van der Waals surface area contributed by atoms with Crippen LogP contribution in [0.15, 0.2) is 77.2 Å². The molecule has 0 aliphatic carbocycles. The molecule has 3 aromatic carbocycles. The van der Waals surface area contributed by atoms with Crippen molar-refractivity contribution >= 4 is 22.7 Å². The highest BCUT2D eigenvalue weighted by atomic mass is 16.5. The number of aromatic nitrogens is 1. The molecule has 0 aliphatic heterocycles. The van der Waals surface area contributed by atoms with Crippen molar-refractivity contribution in [1.29, 1.82) is 0 Å². The smallest absolute Gasteiger partial charge is 0.228 e. The Morgan fingerprint density at radius 2 is 1.83 bits per heavy atom. The summed E-state index contributed by atoms with van der Waals surface area (Å²) in [5, 5.41) is 2.93. The summed E-state index contributed by atoms with van der Waals surface area (Å²) >= 11 is 0. The molecule has 4 rings (SSSR count). The van der Waals surface area contributed by atoms with E-state index in [9.17, 15) is 4.79 Å². The monoisotopic (exact) mass is 386 g/mol. The van der Waals surface area contributed by atoms with E-state index in [0.29, 0.717) is 35.7 Å². The van der Waals surface area contributed by atoms with Crippen LogP contribution in [0.1, 0.15) is 18.9 Å². The molecule has 0 radical (unpaired) electrons. The van der Waals surface area contributed by atoms with E-state index in [1.807, 2.05) is 72.8 Å². The van der Waals surface area contributed by atoms with Crippen molar-refractivity contribution in [2.75, 3.05) is 11.9 Å². The van der Waals surface area contributed by atoms with Crippen molar-refractivity contribution < 1.29 is 13.9 Å². The number of oxazole rings is 1. The lowest BCUT2D eigenvalue weighted by Crippen LogP contribution is -2.14. The SMILES string of the molecule is CCCOc1ccc(CC(=O)Nc2ccc3oc(-c4ccccc4)nc3c2)cc1. The van der Waals surface area contributed by atoms with Crippen molar-refractivity contribution in [3.63, 3.8) is 0 Å². The minimum Gasteiger partial charge on any atom is -0.494 e. The van der Waals surface area contributed by atoms with E-state index < -0.39 is 0 Å². The van der Waals surface area contributed by atoms with Crippen LogP contribution in [0.3, 0.4) is 0 Å². The molecule has 0 saturated carbocycles. The molecule has 0 fully saturated rings. The van der Waals surface area contributed by atoms with Crippen LogP contribution in [-0.2, 0) is 11.2 Å². The van der Waals surface area contributed by atoms with Gasteiger partial charge in [-0.05, 0) is 54.4 Å². The molecule has 4 aromatic rings. The van der Waals surface area contributed by atoms with Gasteiger partial charge in [0.05, 0.1) is 13.0 Å². The fourth-order valence-electron chi connectivity index (χ4n) is 3.02. The highest BCUT2D eigenvalue weighted by molar-refractivity contribution is 5.94. The van der Waals surface area contributed by atoms with E-state index in [1.165, 1.54) is 0 Å². The number of anilines is 1. The van der Waals surface area contributed by atoms with E-state index in [4.69, 9.17) is 9.15 Å². The van der Waals surface area contributed by atoms with Crippen LogP contribution in [0.4, 0.5) is 5.69 Å². The lowest BCUT2D eigenvalue weighted by Gasteiger charge is -2.07. The first-order valence-electron chi connectivity index (χ1n) is 9.69. The van der Waals surface area contributed by atoms with Gasteiger partial charge in [-0.25, -0.2) is 4.98 Å². The van der Waals surface area contributed by atoms with Gasteiger partial charge in [0.1, 0.15) is 11.3 Å². The summed E-state index contributed by atoms with van der Waals surface area (Å²) in [4.78, 5) is 17.0. The Balaban J connectivity index is 1.42. The topological polar surface area (TPSA) is 64.4 Å². The summed E-state index contributed by atoms with van der Waals surface area (Å²) in [5.74, 6) is 1.30. The van der Waals surface area contributed by atoms with Crippen molar-refractivity contribution in [3.8, 4) is 17.2 Å². The third-order valence-electron chi connectivity index (χ3n) is 4.45. The van der Waals surface area contributed by atoms with E-state index in [-0.39, 0.29) is 5.91 Å². The van der Waals surface area contributed by atoms with Gasteiger partial charge in [-0.2, -0.15) is 0 Å². The van der Waals surface area contributed by atoms with Gasteiger partial charge in [-0.3, -0.25) is 4.79 Å². The third-order valence-corrected chi connectivity index (χ3v) is 4.45. The molecule has 0 spiro atoms. The number of rotatable bonds is 7. The Morgan fingerprint density at radius 3 is 2.59 bits per heavy atom. The number of carbonyl (C=O) groups is 1. The van der Waals surface area contributed by atoms with Crippen molar-refractivity contribution in [1.82, 2.24) is 4.98 Å². The standard InChI is InChI=1S/C24H22N2O3/c1-2-14-28-20-11-8-17(9-12-20)15-23(27)25-19-10-13-22-21(16-19)26-24(29-22)18-6-4-3-5-7-18/h3-13,16H,2,14-15H2,1H3,(H,25,27). The maximum absolute atomic E-state index is 12.4. The number of nitrogens with zero attached hydrogens (tertiary/aromatic N) is 1. The zero-order valence-electron chi connectivity index (χ0n) is 16.2. The normalized spacial score (nSPS) is 10.8. The predicted octanol–water partition coefficient (Wildman–Crippen LogP) is 5.46. The first kappa shape index (κ1) is 18.7. The zero-order valence-corrected chi connectivity index (χ0v) is 16.2. The molecule has 1 heterocycles. The molecular formula is C24H22N2O3. The summed E-state index contributed by atoms with van der Waals surface area (Å²) in [6.45, 7) is 2.76. The third kappa shape index (κ3) is 4.63. The number of benzene rings is 3. The maximum Gasteiger partial charge on any atom is 0.228 e. The summed E-state index contributed by atoms with van der Waals surface area (Å²) < 4.78 is 11.4. The summed E-state index contributed by atoms with van der Waals surface area (Å²) in [6.07, 6.45) is 1.26. The van der Waals surface area contributed by atoms with E-state index in [2.05, 4.69) is 17.2 Å². The summed E-state index contributed by atoms with van der Waals surface area (Å²) in [5.41, 5.74) is 3.93. The Morgan fingerprint density at radius 1 is 1.03 bits per heavy atom. The molecule has 1 aromatic heterocycles. The van der Waals surface area contributed by atoms with Crippen molar-refractivity contribution in [3.05, 3.63) is 78.4 Å². The molecule has 1 N–H and O–H groups in total. The van der Waals surface area contributed by atoms with Gasteiger partial charge < -0.3 is 14.5 Å². The molecule has 1 amide bonds. The van der Waals surface area contributed by atoms with Crippen LogP contribution in [0.25, 0.3) is 22.6 Å². The molecule has 29 heavy (non-hydrogen) atoms. The molecule has 0 bridgehead atoms. The van der Waals surface area contributed by atoms with Gasteiger partial charge in [-0.15, -0.1) is 0 Å². The molecule has 5 heteroatoms. The minimum absolute atomic E-state index is 0.0849. The van der Waals surface area contributed by atoms with Gasteiger partial charge >= 0.3 is 0 Å². The molecular weight excluding hydrogens is 364 g/mol. The summed E-state index contributed by atoms with van der Waals surface area (Å²) in [6, 6.07) is 22.8. The van der Waals surface area contributed by atoms with Crippen LogP contribution < -0.4 is 10.1 Å². The Hall–Kier alpha value is -3.60. The maximum atomic E-state index is 12.4. The Bertz CT molecular complexity index is 1100. The van der Waals surface area contributed by atoms with Crippen LogP contribution in [0, 0.1) is 0 Å². The fourth-order valence-corrected chi connectivity index (χ4v) is 3.02. The number of amides is 1. The summed E-state index contributed by atoms with van der Waals surface area (Å²) in [7, 11) is 0. The quantitative estimate of drug-likeness (QED) is 0.458. The molecule has 0 saturated heterocycles. The second-order valence-electron chi connectivity index (χ2n) is 6.78. The van der Waals surface area contributed by atoms with Gasteiger partial charge in [0.15, 0.2) is 5.58 Å². The van der Waals surface area contributed by atoms with Gasteiger partial charge in [-0.1, -0.05) is 37.3 Å². The van der Waals surface area contributed by atoms with Crippen molar-refractivity contribution in [2.45, 2.75) is 19.8 Å². The first-order valence-corrected chi connectivity index (χ1v) is 9.69. The van der Waals surface area contributed by atoms with E-state index in [0.717, 1.165) is 23.3 Å². The average Bonchev–Trinajstić information content (AvgIpc) is 3.17. The van der Waals surface area contributed by atoms with Gasteiger partial charge in [0.25, 0.3) is 0 Å². The lowest BCUT2D eigenvalue weighted by molar-refractivity contribution is -0.115. The second-order valence-corrected chi connectivity index (χ2v) is 6.78. The van der Waals surface area contributed by atoms with E-state index >= 15 is 0 Å². The highest BCUT2D eigenvalue weighted by Crippen LogP contribution is 2.26. The number of carbonyl (C=O) groups excluding carboxylic acids is 1. The highest BCUT2D eigenvalue weighted by Gasteiger charge is 2.10. The molecule has 146 valence electrons. The molecule has 0 atom stereocenters. The second kappa shape index (κ2) is 8.61. The van der Waals surface area contributed by atoms with Crippen molar-refractivity contribution in [2.24, 2.45) is 0 Å². The largest absolute Gasteiger partial charge is 0.494 e. The fraction of sp³-hybridized carbons (Fsp3) is 0.167. The van der Waals surface area contributed by atoms with Gasteiger partial charge in [0.2, 0.25) is 11.8 Å². The Kier molecular flexibility index (Phi) is 5.56. The number of hydrogen-bond acceptors (Lipinski definition) is 4. The molecule has 5 nitrogen and oxygen atoms in total. The van der Waals surface area contributed by atoms with Gasteiger partial charge in [0, 0.05) is 11.3 Å². The molecule has 0 unspecified atom stereocenters. The molecule has 0 aliphatic rings. The number of ether oxygens (including phenoxy) is 1.